The van der Waals surface area contributed by atoms with E-state index in [-0.39, 0.29) is 54.3 Å². The number of fused-ring (bicyclic) bond motifs is 6. The van der Waals surface area contributed by atoms with E-state index in [2.05, 4.69) is 84.0 Å². The number of allylic oxidation sites excluding steroid dienone is 2. The van der Waals surface area contributed by atoms with Gasteiger partial charge in [-0.2, -0.15) is 0 Å². The summed E-state index contributed by atoms with van der Waals surface area (Å²) in [5.41, 5.74) is 5.83. The molecule has 0 aliphatic carbocycles. The number of aliphatic hydroxyl groups is 1. The van der Waals surface area contributed by atoms with E-state index in [0.717, 1.165) is 70.8 Å². The van der Waals surface area contributed by atoms with E-state index in [1.165, 1.54) is 36.7 Å². The number of aliphatic hydroxyl groups excluding tert-OH is 1. The predicted octanol–water partition coefficient (Wildman–Crippen LogP) is 13.7. The van der Waals surface area contributed by atoms with Crippen LogP contribution in [0.25, 0.3) is 51.7 Å². The van der Waals surface area contributed by atoms with Crippen molar-refractivity contribution in [1.29, 1.82) is 0 Å². The molecule has 7 heteroatoms. The molecule has 4 nitrogen and oxygen atoms in total. The maximum atomic E-state index is 11.7. The molecular weight excluding hydrogens is 857 g/mol. The zero-order valence-electron chi connectivity index (χ0n) is 33.5. The molecule has 6 aromatic rings. The van der Waals surface area contributed by atoms with Crippen LogP contribution in [0.5, 0.6) is 0 Å². The molecule has 0 unspecified atom stereocenters. The van der Waals surface area contributed by atoms with Crippen LogP contribution in [0.4, 0.5) is 0 Å². The van der Waals surface area contributed by atoms with Gasteiger partial charge in [-0.1, -0.05) is 104 Å². The molecule has 6 rings (SSSR count). The van der Waals surface area contributed by atoms with E-state index in [1.807, 2.05) is 45.1 Å². The summed E-state index contributed by atoms with van der Waals surface area (Å²) < 4.78 is 13.6. The fraction of sp³-hybridized carbons (Fsp3) is 0.444. The van der Waals surface area contributed by atoms with Crippen molar-refractivity contribution in [3.8, 4) is 11.3 Å². The van der Waals surface area contributed by atoms with Crippen molar-refractivity contribution in [3.05, 3.63) is 83.9 Å². The van der Waals surface area contributed by atoms with Gasteiger partial charge in [0.1, 0.15) is 6.33 Å². The smallest absolute Gasteiger partial charge is 0.162 e. The number of hydrogen-bond donors (Lipinski definition) is 1. The van der Waals surface area contributed by atoms with Gasteiger partial charge in [0.25, 0.3) is 0 Å². The largest absolute Gasteiger partial charge is 0.512 e. The Balaban J connectivity index is 0.000000335. The van der Waals surface area contributed by atoms with Crippen molar-refractivity contribution in [2.45, 2.75) is 108 Å². The van der Waals surface area contributed by atoms with Gasteiger partial charge in [-0.3, -0.25) is 9.78 Å². The average Bonchev–Trinajstić information content (AvgIpc) is 3.61. The molecular formula is C45H55IrN2O2S2-. The van der Waals surface area contributed by atoms with Crippen molar-refractivity contribution in [1.82, 2.24) is 9.97 Å². The van der Waals surface area contributed by atoms with Crippen LogP contribution < -0.4 is 0 Å². The molecule has 0 fully saturated rings. The summed E-state index contributed by atoms with van der Waals surface area (Å²) in [4.78, 5) is 21.2. The first-order valence-corrected chi connectivity index (χ1v) is 20.2. The average molecular weight is 913 g/mol. The Bertz CT molecular complexity index is 2230. The van der Waals surface area contributed by atoms with Gasteiger partial charge < -0.3 is 5.11 Å². The summed E-state index contributed by atoms with van der Waals surface area (Å²) in [6.07, 6.45) is 8.60. The number of carbonyl (C=O) groups excluding carboxylic acids is 1. The summed E-state index contributed by atoms with van der Waals surface area (Å²) in [5.74, 6) is 0.547. The van der Waals surface area contributed by atoms with Crippen molar-refractivity contribution in [2.24, 2.45) is 22.7 Å². The van der Waals surface area contributed by atoms with Gasteiger partial charge in [-0.05, 0) is 67.1 Å². The zero-order valence-corrected chi connectivity index (χ0v) is 36.5. The minimum atomic E-state index is 0. The predicted molar refractivity (Wildman–Crippen MR) is 222 cm³/mol. The molecule has 0 spiro atoms. The van der Waals surface area contributed by atoms with Gasteiger partial charge in [-0.15, -0.1) is 52.3 Å². The number of ketones is 1. The van der Waals surface area contributed by atoms with Crippen LogP contribution in [0.15, 0.2) is 66.7 Å². The first-order valence-electron chi connectivity index (χ1n) is 19.0. The van der Waals surface area contributed by atoms with Crippen LogP contribution in [0.2, 0.25) is 0 Å². The fourth-order valence-electron chi connectivity index (χ4n) is 6.81. The van der Waals surface area contributed by atoms with Crippen molar-refractivity contribution >= 4 is 68.9 Å². The molecule has 3 aromatic carbocycles. The summed E-state index contributed by atoms with van der Waals surface area (Å²) in [6, 6.07) is 19.3. The SMILES string of the molecule is CCC(CC)C(=O)/C=C(\O)C(CC)CC.[2H]c1cc(-c2ncnc3c2sc2c4cc(CC(C)(C)C)ccc4sc32)[c-]c2cc(CC(C)(C)C)ccc12.[Ir]. The van der Waals surface area contributed by atoms with Gasteiger partial charge in [0.05, 0.1) is 20.7 Å². The summed E-state index contributed by atoms with van der Waals surface area (Å²) in [7, 11) is 0. The Hall–Kier alpha value is -2.96. The van der Waals surface area contributed by atoms with Crippen LogP contribution in [-0.2, 0) is 37.7 Å². The van der Waals surface area contributed by atoms with Crippen LogP contribution in [-0.4, -0.2) is 20.9 Å². The molecule has 0 atom stereocenters. The van der Waals surface area contributed by atoms with Gasteiger partial charge in [0.2, 0.25) is 0 Å². The zero-order chi connectivity index (χ0) is 38.0. The standard InChI is InChI=1S/C32H31N2S2.C13H24O2.Ir/c1-31(2,3)16-19-7-9-21-10-11-22(15-23(21)13-19)26-29-27(34-18-33-26)30-28(36-29)24-14-20(17-32(4,5)6)8-12-25(24)35-30;1-5-10(6-2)12(14)9-13(15)11(7-3)8-4;/h7-14,18H,16-17H2,1-6H3;9-11,14H,5-8H2,1-4H3;/q-1;;/b;12-9-;/i10D;;. The Kier molecular flexibility index (Phi) is 13.5. The van der Waals surface area contributed by atoms with Gasteiger partial charge in [0, 0.05) is 59.9 Å². The molecule has 0 aliphatic heterocycles. The minimum absolute atomic E-state index is 0. The second-order valence-corrected chi connectivity index (χ2v) is 18.3. The van der Waals surface area contributed by atoms with Crippen molar-refractivity contribution < 1.29 is 31.4 Å². The van der Waals surface area contributed by atoms with E-state index in [1.54, 1.807) is 17.7 Å². The van der Waals surface area contributed by atoms with Crippen LogP contribution in [0.3, 0.4) is 0 Å². The first-order chi connectivity index (χ1) is 24.5. The number of rotatable bonds is 10. The van der Waals surface area contributed by atoms with Crippen molar-refractivity contribution in [3.63, 3.8) is 0 Å². The third-order valence-corrected chi connectivity index (χ3v) is 12.0. The van der Waals surface area contributed by atoms with Gasteiger partial charge in [0.15, 0.2) is 5.78 Å². The Morgan fingerprint density at radius 3 is 2.06 bits per heavy atom. The van der Waals surface area contributed by atoms with Crippen LogP contribution in [0, 0.1) is 28.7 Å². The molecule has 0 bridgehead atoms. The van der Waals surface area contributed by atoms with Crippen molar-refractivity contribution in [2.75, 3.05) is 0 Å². The topological polar surface area (TPSA) is 63.1 Å². The summed E-state index contributed by atoms with van der Waals surface area (Å²) >= 11 is 3.59. The molecule has 279 valence electrons. The summed E-state index contributed by atoms with van der Waals surface area (Å²) in [5, 5.41) is 13.0. The molecule has 1 radical (unpaired) electrons. The van der Waals surface area contributed by atoms with E-state index in [4.69, 9.17) is 11.3 Å². The molecule has 52 heavy (non-hydrogen) atoms. The van der Waals surface area contributed by atoms with Gasteiger partial charge >= 0.3 is 0 Å². The van der Waals surface area contributed by atoms with E-state index < -0.39 is 0 Å². The molecule has 1 N–H and O–H groups in total. The third kappa shape index (κ3) is 9.96. The fourth-order valence-corrected chi connectivity index (χ4v) is 9.45. The Morgan fingerprint density at radius 2 is 1.44 bits per heavy atom. The number of aromatic nitrogens is 2. The molecule has 3 aromatic heterocycles. The number of carbonyl (C=O) groups is 1. The molecule has 0 amide bonds. The van der Waals surface area contributed by atoms with E-state index in [0.29, 0.717) is 6.04 Å². The first kappa shape index (κ1) is 40.2. The second kappa shape index (κ2) is 17.5. The summed E-state index contributed by atoms with van der Waals surface area (Å²) in [6.45, 7) is 21.7. The second-order valence-electron chi connectivity index (χ2n) is 16.3. The Labute approximate surface area is 333 Å². The number of hydrogen-bond acceptors (Lipinski definition) is 6. The quantitative estimate of drug-likeness (QED) is 0.0845. The third-order valence-electron chi connectivity index (χ3n) is 9.46. The monoisotopic (exact) mass is 913 g/mol. The van der Waals surface area contributed by atoms with Crippen LogP contribution in [0.1, 0.15) is 107 Å². The van der Waals surface area contributed by atoms with E-state index >= 15 is 0 Å². The number of benzene rings is 3. The normalized spacial score (nSPS) is 12.8. The minimum Gasteiger partial charge on any atom is -0.512 e. The maximum absolute atomic E-state index is 11.7. The number of nitrogens with zero attached hydrogens (tertiary/aromatic N) is 2. The maximum Gasteiger partial charge on any atom is 0.162 e. The van der Waals surface area contributed by atoms with Gasteiger partial charge in [-0.25, -0.2) is 4.98 Å². The van der Waals surface area contributed by atoms with Crippen LogP contribution >= 0.6 is 22.7 Å². The Morgan fingerprint density at radius 1 is 0.827 bits per heavy atom. The van der Waals surface area contributed by atoms with E-state index in [9.17, 15) is 9.90 Å². The molecule has 3 heterocycles. The molecule has 0 saturated heterocycles. The molecule has 0 saturated carbocycles. The number of thiophene rings is 2. The molecule has 0 aliphatic rings.